The van der Waals surface area contributed by atoms with Crippen molar-refractivity contribution in [2.45, 2.75) is 6.04 Å². The van der Waals surface area contributed by atoms with Crippen LogP contribution >= 0.6 is 7.92 Å². The maximum absolute atomic E-state index is 10.3. The van der Waals surface area contributed by atoms with Gasteiger partial charge in [-0.1, -0.05) is 0 Å². The molecule has 62 valence electrons. The molecule has 1 atom stereocenters. The predicted molar refractivity (Wildman–Crippen MR) is 37.8 cm³/mol. The molecule has 0 rings (SSSR count). The molecule has 2 N–H and O–H groups in total. The number of carboxylic acids is 1. The van der Waals surface area contributed by atoms with Crippen LogP contribution in [0.4, 0.5) is 0 Å². The maximum atomic E-state index is 10.3. The molecule has 6 heteroatoms. The molecule has 0 aliphatic heterocycles. The molecule has 0 heterocycles. The molecule has 5 nitrogen and oxygen atoms in total. The molecular formula is C5H8NO4P. The van der Waals surface area contributed by atoms with E-state index in [1.807, 2.05) is 0 Å². The van der Waals surface area contributed by atoms with E-state index < -0.39 is 26.5 Å². The number of aliphatic carboxylic acids is 1. The van der Waals surface area contributed by atoms with E-state index in [9.17, 15) is 9.36 Å². The summed E-state index contributed by atoms with van der Waals surface area (Å²) in [4.78, 5) is 11.4. The molecule has 0 saturated carbocycles. The van der Waals surface area contributed by atoms with E-state index in [2.05, 4.69) is 5.75 Å². The Balaban J connectivity index is 4.33. The Labute approximate surface area is 64.7 Å². The summed E-state index contributed by atoms with van der Waals surface area (Å²) in [6.45, 7) is -0.533. The predicted octanol–water partition coefficient (Wildman–Crippen LogP) is -0.428. The summed E-state index contributed by atoms with van der Waals surface area (Å²) in [6, 6.07) is -1.07. The molecule has 0 aromatic rings. The zero-order valence-electron chi connectivity index (χ0n) is 5.89. The summed E-state index contributed by atoms with van der Waals surface area (Å²) in [5, 5.41) is 16.9. The Morgan fingerprint density at radius 2 is 2.36 bits per heavy atom. The Morgan fingerprint density at radius 3 is 2.64 bits per heavy atom. The van der Waals surface area contributed by atoms with Crippen LogP contribution in [0.5, 0.6) is 0 Å². The number of aliphatic hydroxyl groups excluding tert-OH is 1. The number of carbonyl (C=O) groups is 1. The van der Waals surface area contributed by atoms with Gasteiger partial charge in [-0.3, -0.25) is 0 Å². The van der Waals surface area contributed by atoms with E-state index in [0.29, 0.717) is 0 Å². The van der Waals surface area contributed by atoms with Crippen molar-refractivity contribution >= 4 is 13.9 Å². The zero-order chi connectivity index (χ0) is 8.85. The zero-order valence-corrected chi connectivity index (χ0v) is 6.78. The van der Waals surface area contributed by atoms with E-state index in [4.69, 9.17) is 10.2 Å². The number of rotatable bonds is 3. The Kier molecular flexibility index (Phi) is 4.83. The first-order valence-electron chi connectivity index (χ1n) is 2.78. The van der Waals surface area contributed by atoms with Gasteiger partial charge in [0.05, 0.1) is 0 Å². The van der Waals surface area contributed by atoms with Crippen molar-refractivity contribution in [2.75, 3.05) is 13.7 Å². The van der Waals surface area contributed by atoms with E-state index >= 15 is 0 Å². The molecule has 11 heavy (non-hydrogen) atoms. The first-order valence-corrected chi connectivity index (χ1v) is 3.59. The molecule has 0 unspecified atom stereocenters. The average molecular weight is 177 g/mol. The van der Waals surface area contributed by atoms with E-state index in [-0.39, 0.29) is 0 Å². The average Bonchev–Trinajstić information content (AvgIpc) is 1.88. The quantitative estimate of drug-likeness (QED) is 0.451. The Hall–Kier alpha value is -0.600. The number of hydrogen-bond acceptors (Lipinski definition) is 4. The summed E-state index contributed by atoms with van der Waals surface area (Å²) in [5.41, 5.74) is 0. The summed E-state index contributed by atoms with van der Waals surface area (Å²) >= 11 is 0. The van der Waals surface area contributed by atoms with E-state index in [0.717, 1.165) is 4.90 Å². The topological polar surface area (TPSA) is 77.8 Å². The van der Waals surface area contributed by atoms with Gasteiger partial charge >= 0.3 is 63.8 Å². The van der Waals surface area contributed by atoms with Crippen LogP contribution in [0, 0.1) is 5.75 Å². The number of aliphatic hydroxyl groups is 1. The van der Waals surface area contributed by atoms with Crippen molar-refractivity contribution in [3.8, 4) is 5.75 Å². The number of carboxylic acid groups (broad SMARTS) is 1. The third-order valence-electron chi connectivity index (χ3n) is 1.12. The first kappa shape index (κ1) is 10.4. The Morgan fingerprint density at radius 1 is 1.82 bits per heavy atom. The van der Waals surface area contributed by atoms with Gasteiger partial charge in [-0.05, 0) is 0 Å². The standard InChI is InChI=1S/C5H8NO4P/c1-6(3-11-10)4(2-7)5(8)9/h4,7H,2H2,1H3,(H,8,9)/t4-/m0/s1. The van der Waals surface area contributed by atoms with Gasteiger partial charge < -0.3 is 0 Å². The minimum atomic E-state index is -1.17. The van der Waals surface area contributed by atoms with E-state index in [1.54, 1.807) is 0 Å². The van der Waals surface area contributed by atoms with Crippen molar-refractivity contribution in [2.24, 2.45) is 0 Å². The summed E-state index contributed by atoms with van der Waals surface area (Å²) in [5.74, 6) is 1.01. The minimum absolute atomic E-state index is 0.400. The van der Waals surface area contributed by atoms with Gasteiger partial charge in [-0.2, -0.15) is 0 Å². The van der Waals surface area contributed by atoms with Crippen LogP contribution in [0.2, 0.25) is 0 Å². The molecule has 0 aromatic carbocycles. The number of nitrogens with zero attached hydrogens (tertiary/aromatic N) is 1. The van der Waals surface area contributed by atoms with Gasteiger partial charge in [-0.25, -0.2) is 0 Å². The molecule has 0 radical (unpaired) electrons. The molecule has 0 amide bonds. The monoisotopic (exact) mass is 177 g/mol. The molecule has 0 saturated heterocycles. The number of hydrogen-bond donors (Lipinski definition) is 2. The summed E-state index contributed by atoms with van der Waals surface area (Å²) in [6.07, 6.45) is 0. The second-order valence-electron chi connectivity index (χ2n) is 1.84. The van der Waals surface area contributed by atoms with Gasteiger partial charge in [0.25, 0.3) is 0 Å². The number of likely N-dealkylation sites (N-methyl/N-ethyl adjacent to an activating group) is 1. The van der Waals surface area contributed by atoms with Gasteiger partial charge in [0.15, 0.2) is 0 Å². The van der Waals surface area contributed by atoms with Crippen LogP contribution in [-0.4, -0.2) is 40.8 Å². The van der Waals surface area contributed by atoms with Gasteiger partial charge in [0.1, 0.15) is 0 Å². The van der Waals surface area contributed by atoms with Crippen LogP contribution in [-0.2, 0) is 9.36 Å². The Bertz CT molecular complexity index is 234. The molecule has 0 bridgehead atoms. The third-order valence-corrected chi connectivity index (χ3v) is 1.52. The van der Waals surface area contributed by atoms with E-state index in [1.165, 1.54) is 7.05 Å². The van der Waals surface area contributed by atoms with Crippen LogP contribution in [0.15, 0.2) is 0 Å². The molecular weight excluding hydrogens is 169 g/mol. The van der Waals surface area contributed by atoms with Gasteiger partial charge in [-0.15, -0.1) is 0 Å². The van der Waals surface area contributed by atoms with Crippen molar-refractivity contribution in [1.29, 1.82) is 0 Å². The van der Waals surface area contributed by atoms with Crippen LogP contribution in [0.3, 0.4) is 0 Å². The molecule has 0 aliphatic rings. The van der Waals surface area contributed by atoms with Crippen molar-refractivity contribution < 1.29 is 19.6 Å². The van der Waals surface area contributed by atoms with Gasteiger partial charge in [0.2, 0.25) is 0 Å². The molecule has 0 aromatic heterocycles. The SMILES string of the molecule is CN(C#P=O)[C@@H](CO)C(=O)O. The molecule has 0 fully saturated rings. The second-order valence-corrected chi connectivity index (χ2v) is 2.22. The fourth-order valence-corrected chi connectivity index (χ4v) is 0.768. The van der Waals surface area contributed by atoms with Crippen LogP contribution < -0.4 is 0 Å². The molecule has 0 aliphatic carbocycles. The van der Waals surface area contributed by atoms with Crippen molar-refractivity contribution in [1.82, 2.24) is 4.90 Å². The van der Waals surface area contributed by atoms with Crippen molar-refractivity contribution in [3.05, 3.63) is 0 Å². The third kappa shape index (κ3) is 3.35. The second kappa shape index (κ2) is 5.10. The fraction of sp³-hybridized carbons (Fsp3) is 0.600. The van der Waals surface area contributed by atoms with Crippen molar-refractivity contribution in [3.63, 3.8) is 0 Å². The molecule has 0 spiro atoms. The summed E-state index contributed by atoms with van der Waals surface area (Å²) < 4.78 is 9.93. The fourth-order valence-electron chi connectivity index (χ4n) is 0.500. The first-order chi connectivity index (χ1) is 5.13. The normalized spacial score (nSPS) is 12.3. The summed E-state index contributed by atoms with van der Waals surface area (Å²) in [7, 11) is 0.975. The van der Waals surface area contributed by atoms with Gasteiger partial charge in [0, 0.05) is 0 Å². The van der Waals surface area contributed by atoms with Crippen LogP contribution in [0.25, 0.3) is 0 Å². The van der Waals surface area contributed by atoms with Crippen LogP contribution in [0.1, 0.15) is 0 Å².